The van der Waals surface area contributed by atoms with Crippen LogP contribution < -0.4 is 27.0 Å². The number of alkyl carbamates (subject to hydrolysis) is 1. The number of unbranched alkanes of at least 4 members (excludes halogenated alkanes) is 1. The summed E-state index contributed by atoms with van der Waals surface area (Å²) in [7, 11) is 0. The summed E-state index contributed by atoms with van der Waals surface area (Å²) in [5.74, 6) is -3.15. The molecule has 0 aliphatic rings. The molecule has 182 valence electrons. The third-order valence-electron chi connectivity index (χ3n) is 4.38. The number of ether oxygens (including phenoxy) is 1. The van der Waals surface area contributed by atoms with E-state index < -0.39 is 55.0 Å². The van der Waals surface area contributed by atoms with Gasteiger partial charge >= 0.3 is 12.1 Å². The minimum atomic E-state index is -1.22. The minimum absolute atomic E-state index is 0.0343. The Kier molecular flexibility index (Phi) is 12.6. The highest BCUT2D eigenvalue weighted by molar-refractivity contribution is 5.92. The van der Waals surface area contributed by atoms with Crippen molar-refractivity contribution in [2.45, 2.75) is 44.9 Å². The van der Waals surface area contributed by atoms with E-state index in [9.17, 15) is 24.0 Å². The highest BCUT2D eigenvalue weighted by Gasteiger charge is 2.25. The second-order valence-corrected chi connectivity index (χ2v) is 7.16. The molecule has 12 heteroatoms. The Morgan fingerprint density at radius 2 is 1.67 bits per heavy atom. The number of hydrogen-bond donors (Lipinski definition) is 6. The molecule has 0 saturated heterocycles. The molecule has 1 rings (SSSR count). The van der Waals surface area contributed by atoms with Crippen LogP contribution in [0.3, 0.4) is 0 Å². The molecule has 0 spiro atoms. The second-order valence-electron chi connectivity index (χ2n) is 7.16. The van der Waals surface area contributed by atoms with Crippen LogP contribution in [0.2, 0.25) is 0 Å². The van der Waals surface area contributed by atoms with E-state index in [1.807, 2.05) is 18.2 Å². The molecular formula is C21H31N5O7. The monoisotopic (exact) mass is 465 g/mol. The first kappa shape index (κ1) is 27.4. The van der Waals surface area contributed by atoms with E-state index >= 15 is 0 Å². The van der Waals surface area contributed by atoms with Gasteiger partial charge in [0.1, 0.15) is 25.2 Å². The lowest BCUT2D eigenvalue weighted by Gasteiger charge is -2.21. The maximum atomic E-state index is 12.6. The zero-order valence-electron chi connectivity index (χ0n) is 18.5. The molecule has 0 fully saturated rings. The van der Waals surface area contributed by atoms with Crippen molar-refractivity contribution in [2.75, 3.05) is 19.6 Å². The van der Waals surface area contributed by atoms with Crippen molar-refractivity contribution in [1.29, 1.82) is 0 Å². The Balaban J connectivity index is 2.56. The normalized spacial score (nSPS) is 12.1. The summed E-state index contributed by atoms with van der Waals surface area (Å²) in [6, 6.07) is 7.07. The number of rotatable bonds is 14. The lowest BCUT2D eigenvalue weighted by molar-refractivity contribution is -0.138. The van der Waals surface area contributed by atoms with Crippen LogP contribution in [0.15, 0.2) is 30.3 Å². The zero-order chi connectivity index (χ0) is 24.6. The van der Waals surface area contributed by atoms with E-state index in [0.717, 1.165) is 5.56 Å². The van der Waals surface area contributed by atoms with E-state index in [1.54, 1.807) is 12.1 Å². The predicted octanol–water partition coefficient (Wildman–Crippen LogP) is -0.768. The Morgan fingerprint density at radius 1 is 0.970 bits per heavy atom. The van der Waals surface area contributed by atoms with Gasteiger partial charge in [-0.15, -0.1) is 0 Å². The summed E-state index contributed by atoms with van der Waals surface area (Å²) >= 11 is 0. The van der Waals surface area contributed by atoms with Crippen LogP contribution in [0.25, 0.3) is 0 Å². The number of nitrogens with two attached hydrogens (primary N) is 1. The van der Waals surface area contributed by atoms with Gasteiger partial charge in [-0.3, -0.25) is 19.2 Å². The van der Waals surface area contributed by atoms with Crippen molar-refractivity contribution in [3.63, 3.8) is 0 Å². The van der Waals surface area contributed by atoms with Crippen molar-refractivity contribution >= 4 is 29.8 Å². The largest absolute Gasteiger partial charge is 0.480 e. The van der Waals surface area contributed by atoms with Crippen molar-refractivity contribution in [3.05, 3.63) is 35.9 Å². The standard InChI is InChI=1S/C21H31N5O7/c1-14(19(30)24-11-17(27)23-12-18(28)29)25-20(31)16(9-5-6-10-22)26-21(32)33-13-15-7-3-2-4-8-15/h2-4,7-8,14,16H,5-6,9-13,22H2,1H3,(H,23,27)(H,24,30)(H,25,31)(H,26,32)(H,28,29)/t14-,16-/m0/s1. The van der Waals surface area contributed by atoms with E-state index in [0.29, 0.717) is 19.4 Å². The second kappa shape index (κ2) is 15.2. The number of nitrogens with one attached hydrogen (secondary N) is 4. The third kappa shape index (κ3) is 12.1. The van der Waals surface area contributed by atoms with Crippen LogP contribution in [0.5, 0.6) is 0 Å². The molecule has 33 heavy (non-hydrogen) atoms. The maximum Gasteiger partial charge on any atom is 0.408 e. The first-order valence-electron chi connectivity index (χ1n) is 10.5. The van der Waals surface area contributed by atoms with Gasteiger partial charge in [0.25, 0.3) is 0 Å². The number of aliphatic carboxylic acids is 1. The average Bonchev–Trinajstić information content (AvgIpc) is 2.79. The summed E-state index contributed by atoms with van der Waals surface area (Å²) in [5.41, 5.74) is 6.28. The molecule has 1 aromatic carbocycles. The Bertz CT molecular complexity index is 803. The molecule has 12 nitrogen and oxygen atoms in total. The van der Waals surface area contributed by atoms with Gasteiger partial charge in [-0.05, 0) is 38.3 Å². The summed E-state index contributed by atoms with van der Waals surface area (Å²) < 4.78 is 5.15. The number of benzene rings is 1. The molecule has 0 aliphatic heterocycles. The summed E-state index contributed by atoms with van der Waals surface area (Å²) in [5, 5.41) is 17.9. The van der Waals surface area contributed by atoms with Crippen LogP contribution >= 0.6 is 0 Å². The van der Waals surface area contributed by atoms with Crippen molar-refractivity contribution in [2.24, 2.45) is 5.73 Å². The fourth-order valence-corrected chi connectivity index (χ4v) is 2.61. The maximum absolute atomic E-state index is 12.6. The number of carbonyl (C=O) groups excluding carboxylic acids is 4. The molecule has 0 unspecified atom stereocenters. The average molecular weight is 466 g/mol. The molecule has 0 bridgehead atoms. The van der Waals surface area contributed by atoms with Gasteiger partial charge < -0.3 is 36.8 Å². The van der Waals surface area contributed by atoms with Gasteiger partial charge in [0.2, 0.25) is 17.7 Å². The highest BCUT2D eigenvalue weighted by atomic mass is 16.5. The smallest absolute Gasteiger partial charge is 0.408 e. The molecule has 4 amide bonds. The van der Waals surface area contributed by atoms with Gasteiger partial charge in [0.15, 0.2) is 0 Å². The molecule has 2 atom stereocenters. The highest BCUT2D eigenvalue weighted by Crippen LogP contribution is 2.04. The molecule has 7 N–H and O–H groups in total. The summed E-state index contributed by atoms with van der Waals surface area (Å²) in [6.07, 6.45) is 0.721. The zero-order valence-corrected chi connectivity index (χ0v) is 18.5. The first-order valence-corrected chi connectivity index (χ1v) is 10.5. The molecule has 0 saturated carbocycles. The van der Waals surface area contributed by atoms with Gasteiger partial charge in [0.05, 0.1) is 6.54 Å². The molecular weight excluding hydrogens is 434 g/mol. The van der Waals surface area contributed by atoms with Crippen LogP contribution in [-0.4, -0.2) is 66.6 Å². The fraction of sp³-hybridized carbons (Fsp3) is 0.476. The molecule has 0 radical (unpaired) electrons. The van der Waals surface area contributed by atoms with Crippen LogP contribution in [0.1, 0.15) is 31.7 Å². The van der Waals surface area contributed by atoms with E-state index in [2.05, 4.69) is 21.3 Å². The van der Waals surface area contributed by atoms with E-state index in [1.165, 1.54) is 6.92 Å². The number of carboxylic acids is 1. The minimum Gasteiger partial charge on any atom is -0.480 e. The number of amides is 4. The topological polar surface area (TPSA) is 189 Å². The Morgan fingerprint density at radius 3 is 2.30 bits per heavy atom. The van der Waals surface area contributed by atoms with Crippen LogP contribution in [-0.2, 0) is 30.5 Å². The van der Waals surface area contributed by atoms with E-state index in [4.69, 9.17) is 15.6 Å². The van der Waals surface area contributed by atoms with Gasteiger partial charge in [-0.25, -0.2) is 4.79 Å². The van der Waals surface area contributed by atoms with Crippen molar-refractivity contribution in [1.82, 2.24) is 21.3 Å². The fourth-order valence-electron chi connectivity index (χ4n) is 2.61. The number of hydrogen-bond acceptors (Lipinski definition) is 7. The molecule has 1 aromatic rings. The van der Waals surface area contributed by atoms with Crippen molar-refractivity contribution in [3.8, 4) is 0 Å². The van der Waals surface area contributed by atoms with Gasteiger partial charge in [-0.2, -0.15) is 0 Å². The van der Waals surface area contributed by atoms with Crippen molar-refractivity contribution < 1.29 is 33.8 Å². The summed E-state index contributed by atoms with van der Waals surface area (Å²) in [4.78, 5) is 58.9. The predicted molar refractivity (Wildman–Crippen MR) is 118 cm³/mol. The van der Waals surface area contributed by atoms with E-state index in [-0.39, 0.29) is 13.0 Å². The SMILES string of the molecule is C[C@H](NC(=O)[C@H](CCCCN)NC(=O)OCc1ccccc1)C(=O)NCC(=O)NCC(=O)O. The molecule has 0 heterocycles. The number of carbonyl (C=O) groups is 5. The summed E-state index contributed by atoms with van der Waals surface area (Å²) in [6.45, 7) is 0.850. The Hall–Kier alpha value is -3.67. The lowest BCUT2D eigenvalue weighted by Crippen LogP contribution is -2.53. The molecule has 0 aromatic heterocycles. The first-order chi connectivity index (χ1) is 15.7. The van der Waals surface area contributed by atoms with Crippen LogP contribution in [0.4, 0.5) is 4.79 Å². The third-order valence-corrected chi connectivity index (χ3v) is 4.38. The van der Waals surface area contributed by atoms with Crippen LogP contribution in [0, 0.1) is 0 Å². The lowest BCUT2D eigenvalue weighted by atomic mass is 10.1. The van der Waals surface area contributed by atoms with Gasteiger partial charge in [-0.1, -0.05) is 30.3 Å². The van der Waals surface area contributed by atoms with Gasteiger partial charge in [0, 0.05) is 0 Å². The Labute approximate surface area is 191 Å². The molecule has 0 aliphatic carbocycles. The quantitative estimate of drug-likeness (QED) is 0.193. The number of carboxylic acid groups (broad SMARTS) is 1.